The molecule has 0 aliphatic rings. The summed E-state index contributed by atoms with van der Waals surface area (Å²) in [4.78, 5) is 4.22. The summed E-state index contributed by atoms with van der Waals surface area (Å²) >= 11 is 0. The van der Waals surface area contributed by atoms with Gasteiger partial charge in [-0.1, -0.05) is 6.07 Å². The Morgan fingerprint density at radius 1 is 1.54 bits per heavy atom. The Morgan fingerprint density at radius 2 is 2.38 bits per heavy atom. The molecular formula is C9H11N3O. The first-order chi connectivity index (χ1) is 6.31. The number of nitrogens with two attached hydrogens (primary N) is 1. The van der Waals surface area contributed by atoms with Crippen LogP contribution in [0.5, 0.6) is 0 Å². The van der Waals surface area contributed by atoms with Crippen molar-refractivity contribution in [3.8, 4) is 0 Å². The average Bonchev–Trinajstić information content (AvgIpc) is 2.59. The van der Waals surface area contributed by atoms with Gasteiger partial charge in [-0.05, 0) is 12.1 Å². The van der Waals surface area contributed by atoms with E-state index in [1.165, 1.54) is 0 Å². The summed E-state index contributed by atoms with van der Waals surface area (Å²) in [5.74, 6) is 0. The fourth-order valence-corrected chi connectivity index (χ4v) is 1.24. The van der Waals surface area contributed by atoms with Crippen LogP contribution in [0.4, 0.5) is 0 Å². The minimum atomic E-state index is -0.667. The number of hydrogen-bond acceptors (Lipinski definition) is 3. The largest absolute Gasteiger partial charge is 0.385 e. The third-order valence-electron chi connectivity index (χ3n) is 1.95. The first-order valence-electron chi connectivity index (χ1n) is 4.13. The Kier molecular flexibility index (Phi) is 2.00. The molecule has 0 amide bonds. The van der Waals surface area contributed by atoms with Gasteiger partial charge in [-0.15, -0.1) is 0 Å². The lowest BCUT2D eigenvalue weighted by atomic mass is 10.3. The second kappa shape index (κ2) is 3.16. The number of imidazole rings is 1. The smallest absolute Gasteiger partial charge is 0.137 e. The minimum Gasteiger partial charge on any atom is -0.385 e. The van der Waals surface area contributed by atoms with Gasteiger partial charge in [0.2, 0.25) is 0 Å². The van der Waals surface area contributed by atoms with E-state index in [9.17, 15) is 5.11 Å². The van der Waals surface area contributed by atoms with Crippen molar-refractivity contribution >= 4 is 5.65 Å². The van der Waals surface area contributed by atoms with E-state index in [0.29, 0.717) is 5.69 Å². The summed E-state index contributed by atoms with van der Waals surface area (Å²) in [6, 6.07) is 5.70. The minimum absolute atomic E-state index is 0.198. The van der Waals surface area contributed by atoms with Gasteiger partial charge < -0.3 is 15.2 Å². The number of aromatic nitrogens is 2. The van der Waals surface area contributed by atoms with E-state index >= 15 is 0 Å². The highest BCUT2D eigenvalue weighted by Crippen LogP contribution is 2.11. The zero-order valence-electron chi connectivity index (χ0n) is 7.09. The molecule has 3 N–H and O–H groups in total. The number of aliphatic hydroxyl groups is 1. The summed E-state index contributed by atoms with van der Waals surface area (Å²) in [5.41, 5.74) is 6.77. The van der Waals surface area contributed by atoms with E-state index in [1.807, 2.05) is 28.8 Å². The van der Waals surface area contributed by atoms with Gasteiger partial charge in [-0.3, -0.25) is 0 Å². The maximum atomic E-state index is 9.43. The molecule has 0 saturated heterocycles. The third kappa shape index (κ3) is 1.41. The van der Waals surface area contributed by atoms with Gasteiger partial charge in [-0.2, -0.15) is 0 Å². The molecular weight excluding hydrogens is 166 g/mol. The fraction of sp³-hybridized carbons (Fsp3) is 0.222. The molecule has 13 heavy (non-hydrogen) atoms. The molecule has 0 saturated carbocycles. The fourth-order valence-electron chi connectivity index (χ4n) is 1.24. The van der Waals surface area contributed by atoms with Crippen LogP contribution in [-0.4, -0.2) is 21.0 Å². The van der Waals surface area contributed by atoms with E-state index in [2.05, 4.69) is 4.98 Å². The number of aliphatic hydroxyl groups excluding tert-OH is 1. The lowest BCUT2D eigenvalue weighted by Crippen LogP contribution is -2.11. The second-order valence-corrected chi connectivity index (χ2v) is 2.88. The predicted molar refractivity (Wildman–Crippen MR) is 49.2 cm³/mol. The van der Waals surface area contributed by atoms with E-state index in [-0.39, 0.29) is 6.54 Å². The van der Waals surface area contributed by atoms with Gasteiger partial charge in [0.25, 0.3) is 0 Å². The maximum Gasteiger partial charge on any atom is 0.137 e. The van der Waals surface area contributed by atoms with Crippen LogP contribution in [0.2, 0.25) is 0 Å². The van der Waals surface area contributed by atoms with Crippen molar-refractivity contribution in [2.75, 3.05) is 6.54 Å². The highest BCUT2D eigenvalue weighted by atomic mass is 16.3. The van der Waals surface area contributed by atoms with E-state index < -0.39 is 6.10 Å². The normalized spacial score (nSPS) is 13.4. The van der Waals surface area contributed by atoms with Crippen molar-refractivity contribution in [2.24, 2.45) is 5.73 Å². The molecule has 2 rings (SSSR count). The molecule has 2 aromatic heterocycles. The van der Waals surface area contributed by atoms with Crippen molar-refractivity contribution in [3.05, 3.63) is 36.3 Å². The predicted octanol–water partition coefficient (Wildman–Crippen LogP) is 0.326. The first kappa shape index (κ1) is 8.22. The van der Waals surface area contributed by atoms with Crippen molar-refractivity contribution in [3.63, 3.8) is 0 Å². The molecule has 0 fully saturated rings. The highest BCUT2D eigenvalue weighted by molar-refractivity contribution is 5.39. The molecule has 68 valence electrons. The van der Waals surface area contributed by atoms with Gasteiger partial charge in [0.05, 0.1) is 5.69 Å². The van der Waals surface area contributed by atoms with Crippen LogP contribution in [0.1, 0.15) is 11.8 Å². The molecule has 4 heteroatoms. The van der Waals surface area contributed by atoms with E-state index in [4.69, 9.17) is 5.73 Å². The van der Waals surface area contributed by atoms with Crippen LogP contribution < -0.4 is 5.73 Å². The number of pyridine rings is 1. The van der Waals surface area contributed by atoms with Crippen molar-refractivity contribution in [1.29, 1.82) is 0 Å². The molecule has 0 radical (unpaired) electrons. The quantitative estimate of drug-likeness (QED) is 0.694. The molecule has 0 aliphatic heterocycles. The van der Waals surface area contributed by atoms with Crippen molar-refractivity contribution in [2.45, 2.75) is 6.10 Å². The Labute approximate surface area is 75.6 Å². The zero-order chi connectivity index (χ0) is 9.26. The number of fused-ring (bicyclic) bond motifs is 1. The molecule has 0 spiro atoms. The summed E-state index contributed by atoms with van der Waals surface area (Å²) < 4.78 is 1.86. The van der Waals surface area contributed by atoms with Crippen LogP contribution in [0.3, 0.4) is 0 Å². The van der Waals surface area contributed by atoms with Crippen molar-refractivity contribution in [1.82, 2.24) is 9.38 Å². The molecule has 2 heterocycles. The third-order valence-corrected chi connectivity index (χ3v) is 1.95. The van der Waals surface area contributed by atoms with E-state index in [0.717, 1.165) is 5.65 Å². The SMILES string of the molecule is NC[C@@H](O)c1cn2ccccc2n1. The van der Waals surface area contributed by atoms with Gasteiger partial charge in [0.15, 0.2) is 0 Å². The summed E-state index contributed by atoms with van der Waals surface area (Å²) in [5, 5.41) is 9.43. The zero-order valence-corrected chi connectivity index (χ0v) is 7.09. The Hall–Kier alpha value is -1.39. The van der Waals surface area contributed by atoms with Crippen LogP contribution in [0, 0.1) is 0 Å². The summed E-state index contributed by atoms with van der Waals surface area (Å²) in [7, 11) is 0. The number of hydrogen-bond donors (Lipinski definition) is 2. The first-order valence-corrected chi connectivity index (χ1v) is 4.13. The summed E-state index contributed by atoms with van der Waals surface area (Å²) in [6.07, 6.45) is 3.00. The lowest BCUT2D eigenvalue weighted by Gasteiger charge is -2.00. The second-order valence-electron chi connectivity index (χ2n) is 2.88. The molecule has 0 bridgehead atoms. The van der Waals surface area contributed by atoms with Crippen LogP contribution in [0.15, 0.2) is 30.6 Å². The average molecular weight is 177 g/mol. The molecule has 2 aromatic rings. The summed E-state index contributed by atoms with van der Waals surface area (Å²) in [6.45, 7) is 0.198. The van der Waals surface area contributed by atoms with Crippen LogP contribution >= 0.6 is 0 Å². The Morgan fingerprint density at radius 3 is 3.08 bits per heavy atom. The van der Waals surface area contributed by atoms with Gasteiger partial charge >= 0.3 is 0 Å². The van der Waals surface area contributed by atoms with Crippen molar-refractivity contribution < 1.29 is 5.11 Å². The lowest BCUT2D eigenvalue weighted by molar-refractivity contribution is 0.182. The monoisotopic (exact) mass is 177 g/mol. The highest BCUT2D eigenvalue weighted by Gasteiger charge is 2.08. The molecule has 1 atom stereocenters. The standard InChI is InChI=1S/C9H11N3O/c10-5-8(13)7-6-12-4-2-1-3-9(12)11-7/h1-4,6,8,13H,5,10H2/t8-/m1/s1. The molecule has 0 aromatic carbocycles. The Bertz CT molecular complexity index is 377. The van der Waals surface area contributed by atoms with Gasteiger partial charge in [-0.25, -0.2) is 4.98 Å². The number of rotatable bonds is 2. The molecule has 0 unspecified atom stereocenters. The maximum absolute atomic E-state index is 9.43. The van der Waals surface area contributed by atoms with Crippen LogP contribution in [-0.2, 0) is 0 Å². The van der Waals surface area contributed by atoms with E-state index in [1.54, 1.807) is 6.20 Å². The number of nitrogens with zero attached hydrogens (tertiary/aromatic N) is 2. The Balaban J connectivity index is 2.49. The van der Waals surface area contributed by atoms with Gasteiger partial charge in [0, 0.05) is 18.9 Å². The topological polar surface area (TPSA) is 63.5 Å². The molecule has 4 nitrogen and oxygen atoms in total. The molecule has 0 aliphatic carbocycles. The van der Waals surface area contributed by atoms with Crippen LogP contribution in [0.25, 0.3) is 5.65 Å². The van der Waals surface area contributed by atoms with Gasteiger partial charge in [0.1, 0.15) is 11.8 Å².